The van der Waals surface area contributed by atoms with Crippen LogP contribution in [0, 0.1) is 5.92 Å². The van der Waals surface area contributed by atoms with Gasteiger partial charge in [0.1, 0.15) is 0 Å². The smallest absolute Gasteiger partial charge is 0.293 e. The average molecular weight is 395 g/mol. The van der Waals surface area contributed by atoms with Gasteiger partial charge in [-0.1, -0.05) is 30.3 Å². The molecular weight excluding hydrogens is 364 g/mol. The summed E-state index contributed by atoms with van der Waals surface area (Å²) in [5.74, 6) is 2.22. The van der Waals surface area contributed by atoms with E-state index in [0.29, 0.717) is 17.8 Å². The maximum atomic E-state index is 12.3. The number of aromatic nitrogens is 2. The number of nitrogens with one attached hydrogen (secondary N) is 1. The summed E-state index contributed by atoms with van der Waals surface area (Å²) < 4.78 is 1.58. The highest BCUT2D eigenvalue weighted by atomic mass is 16.1. The van der Waals surface area contributed by atoms with Crippen LogP contribution in [0.4, 0.5) is 5.82 Å². The van der Waals surface area contributed by atoms with Gasteiger partial charge in [-0.25, -0.2) is 4.98 Å². The van der Waals surface area contributed by atoms with Crippen molar-refractivity contribution in [3.8, 4) is 0 Å². The van der Waals surface area contributed by atoms with E-state index in [1.54, 1.807) is 24.0 Å². The molecule has 1 aliphatic carbocycles. The van der Waals surface area contributed by atoms with Gasteiger partial charge in [-0.2, -0.15) is 0 Å². The average Bonchev–Trinajstić information content (AvgIpc) is 3.48. The van der Waals surface area contributed by atoms with Crippen molar-refractivity contribution in [3.05, 3.63) is 58.6 Å². The van der Waals surface area contributed by atoms with E-state index in [4.69, 9.17) is 4.99 Å². The summed E-state index contributed by atoms with van der Waals surface area (Å²) in [6, 6.07) is 11.2. The third-order valence-electron chi connectivity index (χ3n) is 5.76. The second-order valence-electron chi connectivity index (χ2n) is 7.88. The molecule has 0 bridgehead atoms. The van der Waals surface area contributed by atoms with Crippen LogP contribution < -0.4 is 15.8 Å². The highest BCUT2D eigenvalue weighted by Gasteiger charge is 2.38. The zero-order valence-electron chi connectivity index (χ0n) is 17.3. The van der Waals surface area contributed by atoms with Gasteiger partial charge < -0.3 is 19.7 Å². The summed E-state index contributed by atoms with van der Waals surface area (Å²) in [5.41, 5.74) is 1.37. The van der Waals surface area contributed by atoms with Crippen molar-refractivity contribution in [1.29, 1.82) is 0 Å². The van der Waals surface area contributed by atoms with Crippen molar-refractivity contribution in [3.63, 3.8) is 0 Å². The Bertz CT molecular complexity index is 901. The molecule has 1 aromatic carbocycles. The fourth-order valence-corrected chi connectivity index (χ4v) is 3.95. The van der Waals surface area contributed by atoms with Crippen LogP contribution in [0.15, 0.2) is 52.5 Å². The first kappa shape index (κ1) is 19.5. The van der Waals surface area contributed by atoms with Crippen molar-refractivity contribution < 1.29 is 0 Å². The number of aliphatic imine (C=N–C) groups is 1. The van der Waals surface area contributed by atoms with Crippen LogP contribution in [-0.4, -0.2) is 59.2 Å². The number of hydrogen-bond acceptors (Lipinski definition) is 4. The van der Waals surface area contributed by atoms with Crippen LogP contribution in [0.2, 0.25) is 0 Å². The van der Waals surface area contributed by atoms with Gasteiger partial charge in [0.05, 0.1) is 0 Å². The molecule has 2 unspecified atom stereocenters. The van der Waals surface area contributed by atoms with Gasteiger partial charge >= 0.3 is 0 Å². The zero-order chi connectivity index (χ0) is 20.2. The molecule has 29 heavy (non-hydrogen) atoms. The number of piperazine rings is 1. The summed E-state index contributed by atoms with van der Waals surface area (Å²) in [6.45, 7) is 6.05. The molecule has 0 amide bonds. The predicted molar refractivity (Wildman–Crippen MR) is 116 cm³/mol. The first-order chi connectivity index (χ1) is 14.2. The monoisotopic (exact) mass is 394 g/mol. The van der Waals surface area contributed by atoms with Gasteiger partial charge in [-0.15, -0.1) is 0 Å². The van der Waals surface area contributed by atoms with Gasteiger partial charge in [-0.05, 0) is 31.2 Å². The Morgan fingerprint density at radius 3 is 2.69 bits per heavy atom. The van der Waals surface area contributed by atoms with Crippen molar-refractivity contribution in [2.75, 3.05) is 37.6 Å². The molecule has 4 rings (SSSR count). The third kappa shape index (κ3) is 4.60. The lowest BCUT2D eigenvalue weighted by atomic mass is 10.1. The molecule has 1 N–H and O–H groups in total. The maximum absolute atomic E-state index is 12.3. The molecule has 1 saturated carbocycles. The standard InChI is InChI=1S/C22H30N6O/c1-3-23-22(25-19-16-18(19)15-17-7-5-4-6-8-17)28-13-11-27(12-14-28)20-21(29)26(2)10-9-24-20/h4-10,18-19H,3,11-16H2,1-2H3,(H,23,25). The summed E-state index contributed by atoms with van der Waals surface area (Å²) in [6.07, 6.45) is 5.70. The van der Waals surface area contributed by atoms with Crippen LogP contribution in [-0.2, 0) is 13.5 Å². The van der Waals surface area contributed by atoms with Crippen LogP contribution >= 0.6 is 0 Å². The largest absolute Gasteiger partial charge is 0.353 e. The molecule has 1 aliphatic heterocycles. The topological polar surface area (TPSA) is 65.8 Å². The second-order valence-corrected chi connectivity index (χ2v) is 7.88. The predicted octanol–water partition coefficient (Wildman–Crippen LogP) is 1.50. The minimum atomic E-state index is -0.0387. The molecular formula is C22H30N6O. The lowest BCUT2D eigenvalue weighted by molar-refractivity contribution is 0.369. The Balaban J connectivity index is 1.33. The SMILES string of the molecule is CCN=C(NC1CC1Cc1ccccc1)N1CCN(c2nccn(C)c2=O)CC1. The second kappa shape index (κ2) is 8.68. The molecule has 2 aliphatic rings. The molecule has 0 spiro atoms. The molecule has 2 heterocycles. The number of hydrogen-bond donors (Lipinski definition) is 1. The number of anilines is 1. The Kier molecular flexibility index (Phi) is 5.83. The van der Waals surface area contributed by atoms with Crippen molar-refractivity contribution in [2.45, 2.75) is 25.8 Å². The van der Waals surface area contributed by atoms with Gasteiger partial charge in [-0.3, -0.25) is 9.79 Å². The van der Waals surface area contributed by atoms with E-state index in [-0.39, 0.29) is 5.56 Å². The molecule has 1 saturated heterocycles. The van der Waals surface area contributed by atoms with E-state index < -0.39 is 0 Å². The van der Waals surface area contributed by atoms with E-state index >= 15 is 0 Å². The number of nitrogens with zero attached hydrogens (tertiary/aromatic N) is 5. The Hall–Kier alpha value is -2.83. The van der Waals surface area contributed by atoms with Gasteiger partial charge in [0.2, 0.25) is 0 Å². The summed E-state index contributed by atoms with van der Waals surface area (Å²) >= 11 is 0. The Labute approximate surface area is 172 Å². The maximum Gasteiger partial charge on any atom is 0.293 e. The summed E-state index contributed by atoms with van der Waals surface area (Å²) in [4.78, 5) is 25.8. The third-order valence-corrected chi connectivity index (χ3v) is 5.76. The lowest BCUT2D eigenvalue weighted by Crippen LogP contribution is -2.54. The van der Waals surface area contributed by atoms with Crippen LogP contribution in [0.1, 0.15) is 18.9 Å². The molecule has 0 radical (unpaired) electrons. The molecule has 2 atom stereocenters. The van der Waals surface area contributed by atoms with Crippen molar-refractivity contribution >= 4 is 11.8 Å². The minimum absolute atomic E-state index is 0.0387. The number of aryl methyl sites for hydroxylation is 1. The van der Waals surface area contributed by atoms with E-state index in [2.05, 4.69) is 57.4 Å². The van der Waals surface area contributed by atoms with Crippen molar-refractivity contribution in [1.82, 2.24) is 19.8 Å². The number of rotatable bonds is 5. The normalized spacial score (nSPS) is 21.9. The molecule has 7 heteroatoms. The van der Waals surface area contributed by atoms with E-state index in [1.807, 2.05) is 0 Å². The highest BCUT2D eigenvalue weighted by Crippen LogP contribution is 2.34. The van der Waals surface area contributed by atoms with Crippen LogP contribution in [0.5, 0.6) is 0 Å². The summed E-state index contributed by atoms with van der Waals surface area (Å²) in [5, 5.41) is 3.68. The van der Waals surface area contributed by atoms with Gasteiger partial charge in [0, 0.05) is 58.2 Å². The fourth-order valence-electron chi connectivity index (χ4n) is 3.95. The zero-order valence-corrected chi connectivity index (χ0v) is 17.3. The molecule has 154 valence electrons. The quantitative estimate of drug-likeness (QED) is 0.615. The molecule has 7 nitrogen and oxygen atoms in total. The van der Waals surface area contributed by atoms with E-state index in [1.165, 1.54) is 12.0 Å². The Morgan fingerprint density at radius 2 is 1.97 bits per heavy atom. The molecule has 1 aromatic heterocycles. The van der Waals surface area contributed by atoms with E-state index in [9.17, 15) is 4.79 Å². The number of benzene rings is 1. The van der Waals surface area contributed by atoms with Crippen LogP contribution in [0.3, 0.4) is 0 Å². The lowest BCUT2D eigenvalue weighted by Gasteiger charge is -2.37. The van der Waals surface area contributed by atoms with Gasteiger partial charge in [0.15, 0.2) is 11.8 Å². The van der Waals surface area contributed by atoms with E-state index in [0.717, 1.165) is 45.1 Å². The first-order valence-electron chi connectivity index (χ1n) is 10.5. The number of guanidine groups is 1. The first-order valence-corrected chi connectivity index (χ1v) is 10.5. The highest BCUT2D eigenvalue weighted by molar-refractivity contribution is 5.81. The molecule has 2 aromatic rings. The summed E-state index contributed by atoms with van der Waals surface area (Å²) in [7, 11) is 1.77. The van der Waals surface area contributed by atoms with Gasteiger partial charge in [0.25, 0.3) is 5.56 Å². The van der Waals surface area contributed by atoms with Crippen molar-refractivity contribution in [2.24, 2.45) is 18.0 Å². The minimum Gasteiger partial charge on any atom is -0.353 e. The fraction of sp³-hybridized carbons (Fsp3) is 0.500. The van der Waals surface area contributed by atoms with Crippen LogP contribution in [0.25, 0.3) is 0 Å². The Morgan fingerprint density at radius 1 is 1.21 bits per heavy atom. The molecule has 2 fully saturated rings.